The van der Waals surface area contributed by atoms with Crippen LogP contribution < -0.4 is 5.32 Å². The minimum Gasteiger partial charge on any atom is -0.480 e. The van der Waals surface area contributed by atoms with Gasteiger partial charge in [0.05, 0.1) is 0 Å². The molecule has 0 saturated heterocycles. The zero-order valence-corrected chi connectivity index (χ0v) is 8.84. The summed E-state index contributed by atoms with van der Waals surface area (Å²) < 4.78 is 0. The maximum Gasteiger partial charge on any atom is 0.320 e. The average Bonchev–Trinajstić information content (AvgIpc) is 2.03. The minimum absolute atomic E-state index is 0.368. The van der Waals surface area contributed by atoms with Crippen LogP contribution in [0.15, 0.2) is 0 Å². The van der Waals surface area contributed by atoms with Crippen molar-refractivity contribution in [2.75, 3.05) is 6.54 Å². The molecule has 78 valence electrons. The van der Waals surface area contributed by atoms with Crippen molar-refractivity contribution in [3.63, 3.8) is 0 Å². The SMILES string of the molecule is CCC(NCCCC(C)C)C(=O)O. The molecule has 3 nitrogen and oxygen atoms in total. The van der Waals surface area contributed by atoms with Crippen LogP contribution in [0.5, 0.6) is 0 Å². The van der Waals surface area contributed by atoms with Gasteiger partial charge in [-0.15, -0.1) is 0 Å². The van der Waals surface area contributed by atoms with E-state index in [1.165, 1.54) is 0 Å². The second-order valence-electron chi connectivity index (χ2n) is 3.79. The van der Waals surface area contributed by atoms with Crippen LogP contribution in [-0.2, 0) is 4.79 Å². The predicted molar refractivity (Wildman–Crippen MR) is 53.8 cm³/mol. The molecule has 0 aliphatic rings. The van der Waals surface area contributed by atoms with Crippen molar-refractivity contribution in [2.24, 2.45) is 5.92 Å². The lowest BCUT2D eigenvalue weighted by Crippen LogP contribution is -2.36. The Balaban J connectivity index is 3.44. The minimum atomic E-state index is -0.743. The fraction of sp³-hybridized carbons (Fsp3) is 0.900. The number of nitrogens with one attached hydrogen (secondary N) is 1. The molecule has 0 spiro atoms. The maximum atomic E-state index is 10.6. The first kappa shape index (κ1) is 12.4. The van der Waals surface area contributed by atoms with Crippen LogP contribution in [0.3, 0.4) is 0 Å². The fourth-order valence-corrected chi connectivity index (χ4v) is 1.19. The van der Waals surface area contributed by atoms with Gasteiger partial charge < -0.3 is 10.4 Å². The van der Waals surface area contributed by atoms with E-state index in [-0.39, 0.29) is 6.04 Å². The Morgan fingerprint density at radius 3 is 2.46 bits per heavy atom. The highest BCUT2D eigenvalue weighted by Crippen LogP contribution is 2.02. The summed E-state index contributed by atoms with van der Waals surface area (Å²) in [5.74, 6) is -0.0428. The Kier molecular flexibility index (Phi) is 6.59. The molecule has 3 heteroatoms. The number of carboxylic acid groups (broad SMARTS) is 1. The number of carbonyl (C=O) groups is 1. The molecule has 2 N–H and O–H groups in total. The number of hydrogen-bond acceptors (Lipinski definition) is 2. The highest BCUT2D eigenvalue weighted by Gasteiger charge is 2.12. The van der Waals surface area contributed by atoms with Crippen molar-refractivity contribution in [2.45, 2.75) is 46.1 Å². The summed E-state index contributed by atoms with van der Waals surface area (Å²) in [4.78, 5) is 10.6. The van der Waals surface area contributed by atoms with Gasteiger partial charge in [0.2, 0.25) is 0 Å². The smallest absolute Gasteiger partial charge is 0.320 e. The summed E-state index contributed by atoms with van der Waals surface area (Å²) >= 11 is 0. The Morgan fingerprint density at radius 2 is 2.08 bits per heavy atom. The molecule has 13 heavy (non-hydrogen) atoms. The third kappa shape index (κ3) is 6.58. The summed E-state index contributed by atoms with van der Waals surface area (Å²) in [6.45, 7) is 7.04. The van der Waals surface area contributed by atoms with E-state index in [4.69, 9.17) is 5.11 Å². The summed E-state index contributed by atoms with van der Waals surface area (Å²) in [7, 11) is 0. The topological polar surface area (TPSA) is 49.3 Å². The van der Waals surface area contributed by atoms with Gasteiger partial charge in [-0.1, -0.05) is 20.8 Å². The molecule has 0 aromatic carbocycles. The van der Waals surface area contributed by atoms with Gasteiger partial charge in [-0.2, -0.15) is 0 Å². The van der Waals surface area contributed by atoms with Crippen molar-refractivity contribution in [1.29, 1.82) is 0 Å². The van der Waals surface area contributed by atoms with Crippen molar-refractivity contribution in [3.8, 4) is 0 Å². The largest absolute Gasteiger partial charge is 0.480 e. The molecule has 0 aliphatic heterocycles. The summed E-state index contributed by atoms with van der Waals surface area (Å²) in [6, 6.07) is -0.368. The Morgan fingerprint density at radius 1 is 1.46 bits per heavy atom. The molecule has 0 aliphatic carbocycles. The molecular formula is C10H21NO2. The van der Waals surface area contributed by atoms with Crippen LogP contribution in [0.25, 0.3) is 0 Å². The van der Waals surface area contributed by atoms with Crippen LogP contribution >= 0.6 is 0 Å². The number of hydrogen-bond donors (Lipinski definition) is 2. The van der Waals surface area contributed by atoms with Crippen molar-refractivity contribution in [3.05, 3.63) is 0 Å². The highest BCUT2D eigenvalue weighted by molar-refractivity contribution is 5.73. The number of aliphatic carboxylic acids is 1. The lowest BCUT2D eigenvalue weighted by molar-refractivity contribution is -0.139. The molecular weight excluding hydrogens is 166 g/mol. The molecule has 0 aromatic rings. The molecule has 1 atom stereocenters. The Labute approximate surface area is 80.5 Å². The van der Waals surface area contributed by atoms with E-state index < -0.39 is 5.97 Å². The van der Waals surface area contributed by atoms with Gasteiger partial charge in [-0.25, -0.2) is 0 Å². The van der Waals surface area contributed by atoms with E-state index in [1.807, 2.05) is 6.92 Å². The van der Waals surface area contributed by atoms with Crippen molar-refractivity contribution in [1.82, 2.24) is 5.32 Å². The number of carboxylic acids is 1. The second-order valence-corrected chi connectivity index (χ2v) is 3.79. The molecule has 1 unspecified atom stereocenters. The average molecular weight is 187 g/mol. The summed E-state index contributed by atoms with van der Waals surface area (Å²) in [5, 5.41) is 11.7. The second kappa shape index (κ2) is 6.89. The van der Waals surface area contributed by atoms with Gasteiger partial charge in [-0.3, -0.25) is 4.79 Å². The predicted octanol–water partition coefficient (Wildman–Crippen LogP) is 1.88. The lowest BCUT2D eigenvalue weighted by Gasteiger charge is -2.12. The molecule has 0 radical (unpaired) electrons. The van der Waals surface area contributed by atoms with Gasteiger partial charge in [0, 0.05) is 0 Å². The van der Waals surface area contributed by atoms with Gasteiger partial charge in [-0.05, 0) is 31.7 Å². The Bertz CT molecular complexity index is 146. The van der Waals surface area contributed by atoms with Gasteiger partial charge >= 0.3 is 5.97 Å². The van der Waals surface area contributed by atoms with Crippen LogP contribution in [0.1, 0.15) is 40.0 Å². The normalized spacial score (nSPS) is 13.2. The van der Waals surface area contributed by atoms with Crippen molar-refractivity contribution < 1.29 is 9.90 Å². The zero-order chi connectivity index (χ0) is 10.3. The first-order chi connectivity index (χ1) is 6.07. The monoisotopic (exact) mass is 187 g/mol. The number of rotatable bonds is 7. The van der Waals surface area contributed by atoms with E-state index in [1.54, 1.807) is 0 Å². The molecule has 0 aromatic heterocycles. The summed E-state index contributed by atoms with van der Waals surface area (Å²) in [6.07, 6.45) is 2.86. The molecule has 0 amide bonds. The quantitative estimate of drug-likeness (QED) is 0.598. The Hall–Kier alpha value is -0.570. The van der Waals surface area contributed by atoms with E-state index >= 15 is 0 Å². The van der Waals surface area contributed by atoms with Gasteiger partial charge in [0.1, 0.15) is 6.04 Å². The fourth-order valence-electron chi connectivity index (χ4n) is 1.19. The molecule has 0 rings (SSSR count). The zero-order valence-electron chi connectivity index (χ0n) is 8.84. The molecule has 0 fully saturated rings. The molecule has 0 heterocycles. The van der Waals surface area contributed by atoms with Gasteiger partial charge in [0.15, 0.2) is 0 Å². The first-order valence-corrected chi connectivity index (χ1v) is 5.04. The van der Waals surface area contributed by atoms with Crippen LogP contribution in [0.4, 0.5) is 0 Å². The van der Waals surface area contributed by atoms with E-state index in [2.05, 4.69) is 19.2 Å². The summed E-state index contributed by atoms with van der Waals surface area (Å²) in [5.41, 5.74) is 0. The van der Waals surface area contributed by atoms with Gasteiger partial charge in [0.25, 0.3) is 0 Å². The maximum absolute atomic E-state index is 10.6. The first-order valence-electron chi connectivity index (χ1n) is 5.04. The van der Waals surface area contributed by atoms with E-state index in [0.717, 1.165) is 19.4 Å². The third-order valence-corrected chi connectivity index (χ3v) is 2.06. The molecule has 0 bridgehead atoms. The highest BCUT2D eigenvalue weighted by atomic mass is 16.4. The third-order valence-electron chi connectivity index (χ3n) is 2.06. The van der Waals surface area contributed by atoms with Crippen LogP contribution in [0, 0.1) is 5.92 Å². The van der Waals surface area contributed by atoms with E-state index in [0.29, 0.717) is 12.3 Å². The lowest BCUT2D eigenvalue weighted by atomic mass is 10.1. The van der Waals surface area contributed by atoms with Crippen molar-refractivity contribution >= 4 is 5.97 Å². The van der Waals surface area contributed by atoms with E-state index in [9.17, 15) is 4.79 Å². The van der Waals surface area contributed by atoms with Crippen LogP contribution in [0.2, 0.25) is 0 Å². The standard InChI is InChI=1S/C10H21NO2/c1-4-9(10(12)13)11-7-5-6-8(2)3/h8-9,11H,4-7H2,1-3H3,(H,12,13). The van der Waals surface area contributed by atoms with Crippen LogP contribution in [-0.4, -0.2) is 23.7 Å². The molecule has 0 saturated carbocycles.